The fourth-order valence-corrected chi connectivity index (χ4v) is 2.32. The highest BCUT2D eigenvalue weighted by atomic mass is 19.1. The molecule has 1 aromatic rings. The van der Waals surface area contributed by atoms with Crippen molar-refractivity contribution < 1.29 is 18.8 Å². The molecule has 1 unspecified atom stereocenters. The van der Waals surface area contributed by atoms with Crippen LogP contribution >= 0.6 is 0 Å². The third kappa shape index (κ3) is 3.27. The maximum atomic E-state index is 13.5. The van der Waals surface area contributed by atoms with E-state index in [0.717, 1.165) is 18.2 Å². The first-order valence-corrected chi connectivity index (χ1v) is 6.62. The largest absolute Gasteiger partial charge is 0.464 e. The highest BCUT2D eigenvalue weighted by molar-refractivity contribution is 5.82. The van der Waals surface area contributed by atoms with Crippen molar-refractivity contribution in [3.05, 3.63) is 34.1 Å². The molecule has 7 nitrogen and oxygen atoms in total. The molecule has 0 aliphatic carbocycles. The molecule has 0 amide bonds. The summed E-state index contributed by atoms with van der Waals surface area (Å²) in [4.78, 5) is 24.0. The van der Waals surface area contributed by atoms with Gasteiger partial charge in [-0.2, -0.15) is 0 Å². The van der Waals surface area contributed by atoms with Gasteiger partial charge in [-0.25, -0.2) is 9.18 Å². The Labute approximate surface area is 120 Å². The topological polar surface area (TPSA) is 84.7 Å². The molecule has 0 bridgehead atoms. The number of rotatable bonds is 4. The smallest absolute Gasteiger partial charge is 0.330 e. The van der Waals surface area contributed by atoms with Crippen LogP contribution in [-0.2, 0) is 9.53 Å². The number of nitrogens with one attached hydrogen (secondary N) is 1. The fourth-order valence-electron chi connectivity index (χ4n) is 2.32. The summed E-state index contributed by atoms with van der Waals surface area (Å²) in [7, 11) is 0. The summed E-state index contributed by atoms with van der Waals surface area (Å²) in [5, 5.41) is 14.1. The van der Waals surface area contributed by atoms with E-state index in [1.807, 2.05) is 0 Å². The molecule has 2 rings (SSSR count). The zero-order valence-corrected chi connectivity index (χ0v) is 11.5. The second-order valence-electron chi connectivity index (χ2n) is 4.56. The van der Waals surface area contributed by atoms with Crippen LogP contribution in [0, 0.1) is 15.9 Å². The van der Waals surface area contributed by atoms with Crippen molar-refractivity contribution in [1.82, 2.24) is 5.32 Å². The van der Waals surface area contributed by atoms with Gasteiger partial charge in [0.05, 0.1) is 11.5 Å². The average molecular weight is 297 g/mol. The van der Waals surface area contributed by atoms with E-state index in [-0.39, 0.29) is 18.0 Å². The Morgan fingerprint density at radius 3 is 3.05 bits per heavy atom. The molecule has 1 aliphatic rings. The summed E-state index contributed by atoms with van der Waals surface area (Å²) >= 11 is 0. The predicted octanol–water partition coefficient (Wildman–Crippen LogP) is 1.08. The molecule has 1 saturated heterocycles. The van der Waals surface area contributed by atoms with E-state index in [0.29, 0.717) is 19.6 Å². The summed E-state index contributed by atoms with van der Waals surface area (Å²) in [5.74, 6) is -1.07. The Morgan fingerprint density at radius 2 is 2.38 bits per heavy atom. The lowest BCUT2D eigenvalue weighted by Gasteiger charge is -2.35. The van der Waals surface area contributed by atoms with Crippen LogP contribution in [0.2, 0.25) is 0 Å². The maximum absolute atomic E-state index is 13.5. The van der Waals surface area contributed by atoms with Crippen molar-refractivity contribution in [2.24, 2.45) is 0 Å². The number of ether oxygens (including phenoxy) is 1. The van der Waals surface area contributed by atoms with E-state index < -0.39 is 22.8 Å². The monoisotopic (exact) mass is 297 g/mol. The Bertz CT molecular complexity index is 552. The lowest BCUT2D eigenvalue weighted by Crippen LogP contribution is -2.55. The summed E-state index contributed by atoms with van der Waals surface area (Å²) < 4.78 is 18.4. The van der Waals surface area contributed by atoms with Crippen LogP contribution in [0.1, 0.15) is 6.92 Å². The summed E-state index contributed by atoms with van der Waals surface area (Å²) in [6.07, 6.45) is 0. The number of piperazine rings is 1. The van der Waals surface area contributed by atoms with Crippen LogP contribution in [0.5, 0.6) is 0 Å². The maximum Gasteiger partial charge on any atom is 0.330 e. The van der Waals surface area contributed by atoms with Gasteiger partial charge in [0.2, 0.25) is 0 Å². The van der Waals surface area contributed by atoms with Gasteiger partial charge in [0.15, 0.2) is 0 Å². The molecule has 1 heterocycles. The van der Waals surface area contributed by atoms with E-state index in [4.69, 9.17) is 4.74 Å². The number of hydrogen-bond acceptors (Lipinski definition) is 6. The van der Waals surface area contributed by atoms with E-state index in [1.54, 1.807) is 6.92 Å². The number of nitro groups is 1. The van der Waals surface area contributed by atoms with Gasteiger partial charge in [0.25, 0.3) is 5.69 Å². The molecule has 114 valence electrons. The van der Waals surface area contributed by atoms with Crippen molar-refractivity contribution in [3.63, 3.8) is 0 Å². The molecule has 1 atom stereocenters. The molecule has 1 fully saturated rings. The number of carbonyl (C=O) groups excluding carboxylic acids is 1. The van der Waals surface area contributed by atoms with Crippen LogP contribution in [0.3, 0.4) is 0 Å². The zero-order chi connectivity index (χ0) is 15.4. The molecule has 0 radical (unpaired) electrons. The SMILES string of the molecule is CCOC(=O)C1CNCCN1c1cc(F)ccc1[N+](=O)[O-]. The first-order chi connectivity index (χ1) is 10.0. The Hall–Kier alpha value is -2.22. The lowest BCUT2D eigenvalue weighted by atomic mass is 10.1. The van der Waals surface area contributed by atoms with Crippen molar-refractivity contribution >= 4 is 17.3 Å². The molecule has 1 aromatic carbocycles. The first-order valence-electron chi connectivity index (χ1n) is 6.62. The van der Waals surface area contributed by atoms with Gasteiger partial charge in [0.1, 0.15) is 17.5 Å². The summed E-state index contributed by atoms with van der Waals surface area (Å²) in [6.45, 7) is 3.10. The van der Waals surface area contributed by atoms with Crippen LogP contribution < -0.4 is 10.2 Å². The molecular weight excluding hydrogens is 281 g/mol. The van der Waals surface area contributed by atoms with Crippen LogP contribution in [0.4, 0.5) is 15.8 Å². The molecule has 1 aliphatic heterocycles. The number of nitrogens with zero attached hydrogens (tertiary/aromatic N) is 2. The van der Waals surface area contributed by atoms with Gasteiger partial charge in [-0.15, -0.1) is 0 Å². The normalized spacial score (nSPS) is 18.4. The van der Waals surface area contributed by atoms with Gasteiger partial charge in [-0.1, -0.05) is 0 Å². The first kappa shape index (κ1) is 15.2. The fraction of sp³-hybridized carbons (Fsp3) is 0.462. The van der Waals surface area contributed by atoms with Gasteiger partial charge < -0.3 is 15.0 Å². The van der Waals surface area contributed by atoms with Crippen LogP contribution in [-0.4, -0.2) is 43.2 Å². The number of hydrogen-bond donors (Lipinski definition) is 1. The Kier molecular flexibility index (Phi) is 4.69. The predicted molar refractivity (Wildman–Crippen MR) is 73.7 cm³/mol. The number of carbonyl (C=O) groups is 1. The number of esters is 1. The second-order valence-corrected chi connectivity index (χ2v) is 4.56. The Balaban J connectivity index is 2.39. The molecule has 8 heteroatoms. The minimum absolute atomic E-state index is 0.0968. The van der Waals surface area contributed by atoms with E-state index in [2.05, 4.69) is 5.32 Å². The number of nitro benzene ring substituents is 1. The molecular formula is C13H16FN3O4. The second kappa shape index (κ2) is 6.49. The molecule has 0 saturated carbocycles. The average Bonchev–Trinajstić information content (AvgIpc) is 2.47. The third-order valence-electron chi connectivity index (χ3n) is 3.25. The zero-order valence-electron chi connectivity index (χ0n) is 11.5. The lowest BCUT2D eigenvalue weighted by molar-refractivity contribution is -0.384. The summed E-state index contributed by atoms with van der Waals surface area (Å²) in [6, 6.07) is 2.51. The van der Waals surface area contributed by atoms with Gasteiger partial charge in [0, 0.05) is 31.8 Å². The van der Waals surface area contributed by atoms with Gasteiger partial charge in [-0.05, 0) is 13.0 Å². The number of benzene rings is 1. The van der Waals surface area contributed by atoms with E-state index >= 15 is 0 Å². The van der Waals surface area contributed by atoms with E-state index in [1.165, 1.54) is 4.90 Å². The molecule has 21 heavy (non-hydrogen) atoms. The molecule has 0 spiro atoms. The highest BCUT2D eigenvalue weighted by Crippen LogP contribution is 2.31. The molecule has 1 N–H and O–H groups in total. The van der Waals surface area contributed by atoms with Crippen molar-refractivity contribution in [1.29, 1.82) is 0 Å². The Morgan fingerprint density at radius 1 is 1.62 bits per heavy atom. The number of anilines is 1. The van der Waals surface area contributed by atoms with Crippen LogP contribution in [0.25, 0.3) is 0 Å². The third-order valence-corrected chi connectivity index (χ3v) is 3.25. The van der Waals surface area contributed by atoms with E-state index in [9.17, 15) is 19.3 Å². The highest BCUT2D eigenvalue weighted by Gasteiger charge is 2.33. The van der Waals surface area contributed by atoms with Crippen LogP contribution in [0.15, 0.2) is 18.2 Å². The standard InChI is InChI=1S/C13H16FN3O4/c1-2-21-13(18)12-8-15-5-6-16(12)11-7-9(14)3-4-10(11)17(19)20/h3-4,7,12,15H,2,5-6,8H2,1H3. The quantitative estimate of drug-likeness (QED) is 0.508. The van der Waals surface area contributed by atoms with Gasteiger partial charge >= 0.3 is 5.97 Å². The molecule has 0 aromatic heterocycles. The minimum Gasteiger partial charge on any atom is -0.464 e. The van der Waals surface area contributed by atoms with Crippen molar-refractivity contribution in [3.8, 4) is 0 Å². The minimum atomic E-state index is -0.709. The van der Waals surface area contributed by atoms with Crippen molar-refractivity contribution in [2.45, 2.75) is 13.0 Å². The van der Waals surface area contributed by atoms with Crippen molar-refractivity contribution in [2.75, 3.05) is 31.1 Å². The summed E-state index contributed by atoms with van der Waals surface area (Å²) in [5.41, 5.74) is -0.132. The number of halogens is 1. The van der Waals surface area contributed by atoms with Gasteiger partial charge in [-0.3, -0.25) is 10.1 Å².